The van der Waals surface area contributed by atoms with Crippen LogP contribution in [0.15, 0.2) is 36.4 Å². The molecule has 0 fully saturated rings. The Balaban J connectivity index is 2.50. The molecule has 0 aliphatic rings. The van der Waals surface area contributed by atoms with Gasteiger partial charge >= 0.3 is 6.18 Å². The second-order valence-electron chi connectivity index (χ2n) is 7.76. The fraction of sp³-hybridized carbons (Fsp3) is 0.364. The van der Waals surface area contributed by atoms with E-state index in [0.717, 1.165) is 23.3 Å². The molecule has 36 heavy (non-hydrogen) atoms. The van der Waals surface area contributed by atoms with Gasteiger partial charge in [0.1, 0.15) is 12.6 Å². The van der Waals surface area contributed by atoms with Crippen LogP contribution in [0.25, 0.3) is 0 Å². The summed E-state index contributed by atoms with van der Waals surface area (Å²) >= 11 is 17.8. The zero-order valence-corrected chi connectivity index (χ0v) is 22.5. The Morgan fingerprint density at radius 1 is 1.06 bits per heavy atom. The zero-order chi connectivity index (χ0) is 27.4. The summed E-state index contributed by atoms with van der Waals surface area (Å²) in [7, 11) is -4.23. The van der Waals surface area contributed by atoms with Gasteiger partial charge in [0.15, 0.2) is 0 Å². The summed E-state index contributed by atoms with van der Waals surface area (Å²) in [6.45, 7) is 2.30. The van der Waals surface area contributed by atoms with E-state index in [1.165, 1.54) is 19.1 Å². The second-order valence-corrected chi connectivity index (χ2v) is 10.9. The Morgan fingerprint density at radius 3 is 2.22 bits per heavy atom. The molecule has 2 rings (SSSR count). The van der Waals surface area contributed by atoms with E-state index in [1.807, 2.05) is 0 Å². The van der Waals surface area contributed by atoms with Crippen molar-refractivity contribution in [1.29, 1.82) is 0 Å². The van der Waals surface area contributed by atoms with Gasteiger partial charge in [-0.25, -0.2) is 8.42 Å². The lowest BCUT2D eigenvalue weighted by atomic mass is 10.1. The predicted molar refractivity (Wildman–Crippen MR) is 134 cm³/mol. The van der Waals surface area contributed by atoms with Crippen molar-refractivity contribution < 1.29 is 31.2 Å². The number of nitrogens with one attached hydrogen (secondary N) is 1. The number of nitrogens with zero attached hydrogens (tertiary/aromatic N) is 2. The Kier molecular flexibility index (Phi) is 9.91. The van der Waals surface area contributed by atoms with Gasteiger partial charge in [0.25, 0.3) is 0 Å². The largest absolute Gasteiger partial charge is 0.417 e. The molecular formula is C22H23Cl3F3N3O4S. The van der Waals surface area contributed by atoms with Gasteiger partial charge in [0, 0.05) is 23.1 Å². The van der Waals surface area contributed by atoms with E-state index in [1.54, 1.807) is 13.0 Å². The lowest BCUT2D eigenvalue weighted by molar-refractivity contribution is -0.139. The molecule has 0 aliphatic heterocycles. The van der Waals surface area contributed by atoms with E-state index in [2.05, 4.69) is 5.32 Å². The number of anilines is 1. The van der Waals surface area contributed by atoms with E-state index >= 15 is 0 Å². The second kappa shape index (κ2) is 11.9. The molecule has 0 saturated heterocycles. The molecule has 2 aromatic carbocycles. The monoisotopic (exact) mass is 587 g/mol. The molecule has 0 radical (unpaired) electrons. The normalized spacial score (nSPS) is 12.7. The molecule has 1 unspecified atom stereocenters. The average molecular weight is 589 g/mol. The molecule has 1 N–H and O–H groups in total. The van der Waals surface area contributed by atoms with Gasteiger partial charge in [-0.15, -0.1) is 0 Å². The van der Waals surface area contributed by atoms with Crippen molar-refractivity contribution >= 4 is 62.3 Å². The van der Waals surface area contributed by atoms with Crippen LogP contribution in [0.1, 0.15) is 25.0 Å². The van der Waals surface area contributed by atoms with Gasteiger partial charge in [-0.2, -0.15) is 13.2 Å². The Bertz CT molecular complexity index is 1240. The molecule has 2 aromatic rings. The molecule has 0 heterocycles. The van der Waals surface area contributed by atoms with Gasteiger partial charge < -0.3 is 10.2 Å². The lowest BCUT2D eigenvalue weighted by Gasteiger charge is -2.31. The standard InChI is InChI=1S/C22H23Cl3F3N3O4S/c1-4-29-21(33)13(2)30(11-14-5-6-15(23)9-19(14)25)20(32)12-31(36(3,34)35)16-7-8-18(24)17(10-16)22(26,27)28/h5-10,13H,4,11-12H2,1-3H3,(H,29,33). The van der Waals surface area contributed by atoms with Crippen molar-refractivity contribution in [3.63, 3.8) is 0 Å². The minimum Gasteiger partial charge on any atom is -0.355 e. The Morgan fingerprint density at radius 2 is 1.69 bits per heavy atom. The highest BCUT2D eigenvalue weighted by Gasteiger charge is 2.35. The third-order valence-corrected chi connectivity index (χ3v) is 7.15. The summed E-state index contributed by atoms with van der Waals surface area (Å²) in [5, 5.41) is 2.49. The fourth-order valence-electron chi connectivity index (χ4n) is 3.24. The quantitative estimate of drug-likeness (QED) is 0.448. The number of hydrogen-bond donors (Lipinski definition) is 1. The zero-order valence-electron chi connectivity index (χ0n) is 19.4. The number of hydrogen-bond acceptors (Lipinski definition) is 4. The van der Waals surface area contributed by atoms with Gasteiger partial charge in [0.05, 0.1) is 22.5 Å². The number of amides is 2. The van der Waals surface area contributed by atoms with Crippen LogP contribution in [0.4, 0.5) is 18.9 Å². The molecule has 2 amide bonds. The van der Waals surface area contributed by atoms with Crippen LogP contribution in [0.2, 0.25) is 15.1 Å². The minimum absolute atomic E-state index is 0.195. The van der Waals surface area contributed by atoms with E-state index in [-0.39, 0.29) is 18.1 Å². The van der Waals surface area contributed by atoms with E-state index in [9.17, 15) is 31.2 Å². The van der Waals surface area contributed by atoms with Crippen molar-refractivity contribution in [1.82, 2.24) is 10.2 Å². The summed E-state index contributed by atoms with van der Waals surface area (Å²) in [5.74, 6) is -1.37. The third kappa shape index (κ3) is 7.64. The molecule has 198 valence electrons. The first-order chi connectivity index (χ1) is 16.6. The van der Waals surface area contributed by atoms with Crippen molar-refractivity contribution in [3.8, 4) is 0 Å². The number of sulfonamides is 1. The number of rotatable bonds is 9. The van der Waals surface area contributed by atoms with Crippen LogP contribution >= 0.6 is 34.8 Å². The Hall–Kier alpha value is -2.21. The molecule has 0 saturated carbocycles. The highest BCUT2D eigenvalue weighted by molar-refractivity contribution is 7.92. The van der Waals surface area contributed by atoms with Crippen LogP contribution < -0.4 is 9.62 Å². The summed E-state index contributed by atoms with van der Waals surface area (Å²) in [6, 6.07) is 5.93. The lowest BCUT2D eigenvalue weighted by Crippen LogP contribution is -2.51. The summed E-state index contributed by atoms with van der Waals surface area (Å²) in [6.07, 6.45) is -4.11. The fourth-order valence-corrected chi connectivity index (χ4v) is 4.77. The van der Waals surface area contributed by atoms with Crippen molar-refractivity contribution in [2.75, 3.05) is 23.7 Å². The first-order valence-corrected chi connectivity index (χ1v) is 13.4. The molecule has 0 aliphatic carbocycles. The third-order valence-electron chi connectivity index (χ3n) is 5.10. The summed E-state index contributed by atoms with van der Waals surface area (Å²) < 4.78 is 65.6. The molecular weight excluding hydrogens is 566 g/mol. The van der Waals surface area contributed by atoms with Crippen LogP contribution in [0.5, 0.6) is 0 Å². The SMILES string of the molecule is CCNC(=O)C(C)N(Cc1ccc(Cl)cc1Cl)C(=O)CN(c1ccc(Cl)c(C(F)(F)F)c1)S(C)(=O)=O. The predicted octanol–water partition coefficient (Wildman–Crippen LogP) is 4.99. The van der Waals surface area contributed by atoms with E-state index < -0.39 is 56.9 Å². The minimum atomic E-state index is -4.86. The summed E-state index contributed by atoms with van der Waals surface area (Å²) in [5.41, 5.74) is -1.26. The number of carbonyl (C=O) groups is 2. The van der Waals surface area contributed by atoms with E-state index in [4.69, 9.17) is 34.8 Å². The van der Waals surface area contributed by atoms with Crippen LogP contribution in [-0.4, -0.2) is 50.5 Å². The van der Waals surface area contributed by atoms with Crippen LogP contribution in [0.3, 0.4) is 0 Å². The highest BCUT2D eigenvalue weighted by atomic mass is 35.5. The molecule has 0 aromatic heterocycles. The van der Waals surface area contributed by atoms with Gasteiger partial charge in [0.2, 0.25) is 21.8 Å². The first-order valence-electron chi connectivity index (χ1n) is 10.4. The maximum absolute atomic E-state index is 13.4. The number of halogens is 6. The maximum atomic E-state index is 13.4. The smallest absolute Gasteiger partial charge is 0.355 e. The topological polar surface area (TPSA) is 86.8 Å². The number of carbonyl (C=O) groups excluding carboxylic acids is 2. The molecule has 0 spiro atoms. The first kappa shape index (κ1) is 30.0. The number of alkyl halides is 3. The number of benzene rings is 2. The van der Waals surface area contributed by atoms with Gasteiger partial charge in [-0.05, 0) is 49.7 Å². The van der Waals surface area contributed by atoms with Crippen LogP contribution in [0, 0.1) is 0 Å². The van der Waals surface area contributed by atoms with E-state index in [0.29, 0.717) is 21.0 Å². The van der Waals surface area contributed by atoms with Crippen LogP contribution in [-0.2, 0) is 32.3 Å². The average Bonchev–Trinajstić information content (AvgIpc) is 2.75. The molecule has 7 nitrogen and oxygen atoms in total. The Labute approximate surface area is 222 Å². The highest BCUT2D eigenvalue weighted by Crippen LogP contribution is 2.37. The molecule has 14 heteroatoms. The number of likely N-dealkylation sites (N-methyl/N-ethyl adjacent to an activating group) is 1. The van der Waals surface area contributed by atoms with Crippen molar-refractivity contribution in [2.45, 2.75) is 32.6 Å². The van der Waals surface area contributed by atoms with Crippen molar-refractivity contribution in [2.24, 2.45) is 0 Å². The van der Waals surface area contributed by atoms with Gasteiger partial charge in [-0.1, -0.05) is 40.9 Å². The van der Waals surface area contributed by atoms with Crippen molar-refractivity contribution in [3.05, 3.63) is 62.6 Å². The summed E-state index contributed by atoms with van der Waals surface area (Å²) in [4.78, 5) is 27.0. The molecule has 0 bridgehead atoms. The molecule has 1 atom stereocenters. The maximum Gasteiger partial charge on any atom is 0.417 e. The van der Waals surface area contributed by atoms with Gasteiger partial charge in [-0.3, -0.25) is 13.9 Å².